The Morgan fingerprint density at radius 2 is 1.34 bits per heavy atom. The van der Waals surface area contributed by atoms with Gasteiger partial charge in [0.05, 0.1) is 0 Å². The van der Waals surface area contributed by atoms with E-state index in [1.54, 1.807) is 24.3 Å². The van der Waals surface area contributed by atoms with Crippen molar-refractivity contribution < 1.29 is 19.1 Å². The van der Waals surface area contributed by atoms with E-state index in [9.17, 15) is 9.59 Å². The third-order valence-electron chi connectivity index (χ3n) is 5.81. The Morgan fingerprint density at radius 1 is 0.763 bits per heavy atom. The standard InChI is InChI=1S/C31H31N3O4/c1-22-17-26(18-23(2)33-22)19-32-30(35)29(34-31(36)38-21-25-11-7-4-8-12-25)27-13-15-28(16-14-27)37-20-24-9-5-3-6-10-24/h3-18,29H,19-21H2,1-2H3,(H,32,35)(H,34,36)/t29-/m0/s1. The molecule has 1 aromatic heterocycles. The highest BCUT2D eigenvalue weighted by Crippen LogP contribution is 2.20. The van der Waals surface area contributed by atoms with Gasteiger partial charge in [0.15, 0.2) is 0 Å². The van der Waals surface area contributed by atoms with Crippen LogP contribution in [0.2, 0.25) is 0 Å². The van der Waals surface area contributed by atoms with Gasteiger partial charge in [0.2, 0.25) is 5.91 Å². The predicted octanol–water partition coefficient (Wildman–Crippen LogP) is 5.56. The van der Waals surface area contributed by atoms with Crippen LogP contribution in [0, 0.1) is 13.8 Å². The third kappa shape index (κ3) is 7.93. The highest BCUT2D eigenvalue weighted by Gasteiger charge is 2.23. The largest absolute Gasteiger partial charge is 0.489 e. The average molecular weight is 510 g/mol. The first-order valence-electron chi connectivity index (χ1n) is 12.4. The Bertz CT molecular complexity index is 1320. The normalized spacial score (nSPS) is 11.3. The molecule has 0 aliphatic heterocycles. The minimum absolute atomic E-state index is 0.100. The number of alkyl carbamates (subject to hydrolysis) is 1. The van der Waals surface area contributed by atoms with Crippen LogP contribution in [0.1, 0.15) is 39.7 Å². The van der Waals surface area contributed by atoms with E-state index in [0.29, 0.717) is 24.5 Å². The van der Waals surface area contributed by atoms with Crippen molar-refractivity contribution in [2.45, 2.75) is 39.6 Å². The van der Waals surface area contributed by atoms with Gasteiger partial charge in [-0.3, -0.25) is 9.78 Å². The SMILES string of the molecule is Cc1cc(CNC(=O)[C@@H](NC(=O)OCc2ccccc2)c2ccc(OCc3ccccc3)cc2)cc(C)n1. The Kier molecular flexibility index (Phi) is 9.07. The lowest BCUT2D eigenvalue weighted by atomic mass is 10.1. The number of pyridine rings is 1. The summed E-state index contributed by atoms with van der Waals surface area (Å²) in [6.07, 6.45) is -0.686. The molecule has 0 unspecified atom stereocenters. The molecule has 2 N–H and O–H groups in total. The number of carbonyl (C=O) groups excluding carboxylic acids is 2. The smallest absolute Gasteiger partial charge is 0.408 e. The minimum Gasteiger partial charge on any atom is -0.489 e. The summed E-state index contributed by atoms with van der Waals surface area (Å²) in [7, 11) is 0. The zero-order chi connectivity index (χ0) is 26.7. The maximum atomic E-state index is 13.3. The number of ether oxygens (including phenoxy) is 2. The third-order valence-corrected chi connectivity index (χ3v) is 5.81. The number of hydrogen-bond acceptors (Lipinski definition) is 5. The summed E-state index contributed by atoms with van der Waals surface area (Å²) in [5.74, 6) is 0.304. The molecule has 2 amide bonds. The Hall–Kier alpha value is -4.65. The molecule has 4 rings (SSSR count). The molecular formula is C31H31N3O4. The number of nitrogens with zero attached hydrogens (tertiary/aromatic N) is 1. The fourth-order valence-corrected chi connectivity index (χ4v) is 3.99. The van der Waals surface area contributed by atoms with E-state index in [1.165, 1.54) is 0 Å². The van der Waals surface area contributed by atoms with Crippen LogP contribution in [0.4, 0.5) is 4.79 Å². The topological polar surface area (TPSA) is 89.6 Å². The van der Waals surface area contributed by atoms with Crippen molar-refractivity contribution in [3.63, 3.8) is 0 Å². The fraction of sp³-hybridized carbons (Fsp3) is 0.194. The Balaban J connectivity index is 1.44. The molecule has 0 aliphatic rings. The molecule has 7 nitrogen and oxygen atoms in total. The fourth-order valence-electron chi connectivity index (χ4n) is 3.99. The van der Waals surface area contributed by atoms with Gasteiger partial charge in [-0.2, -0.15) is 0 Å². The number of aryl methyl sites for hydroxylation is 2. The van der Waals surface area contributed by atoms with Gasteiger partial charge >= 0.3 is 6.09 Å². The first-order chi connectivity index (χ1) is 18.5. The second kappa shape index (κ2) is 13.1. The van der Waals surface area contributed by atoms with Crippen LogP contribution in [-0.2, 0) is 29.3 Å². The second-order valence-electron chi connectivity index (χ2n) is 8.96. The number of aromatic nitrogens is 1. The lowest BCUT2D eigenvalue weighted by Gasteiger charge is -2.19. The molecule has 0 spiro atoms. The van der Waals surface area contributed by atoms with Gasteiger partial charge in [0.25, 0.3) is 0 Å². The Morgan fingerprint density at radius 3 is 1.95 bits per heavy atom. The highest BCUT2D eigenvalue weighted by atomic mass is 16.5. The lowest BCUT2D eigenvalue weighted by Crippen LogP contribution is -2.40. The monoisotopic (exact) mass is 509 g/mol. The van der Waals surface area contributed by atoms with Crippen LogP contribution in [0.25, 0.3) is 0 Å². The number of rotatable bonds is 10. The van der Waals surface area contributed by atoms with E-state index in [-0.39, 0.29) is 12.5 Å². The van der Waals surface area contributed by atoms with E-state index in [1.807, 2.05) is 86.6 Å². The molecule has 3 aromatic carbocycles. The van der Waals surface area contributed by atoms with Gasteiger partial charge in [-0.25, -0.2) is 4.79 Å². The van der Waals surface area contributed by atoms with Crippen molar-refractivity contribution in [1.82, 2.24) is 15.6 Å². The van der Waals surface area contributed by atoms with Crippen LogP contribution in [-0.4, -0.2) is 17.0 Å². The second-order valence-corrected chi connectivity index (χ2v) is 8.96. The van der Waals surface area contributed by atoms with Gasteiger partial charge in [-0.15, -0.1) is 0 Å². The van der Waals surface area contributed by atoms with Crippen molar-refractivity contribution in [3.05, 3.63) is 131 Å². The van der Waals surface area contributed by atoms with Gasteiger partial charge < -0.3 is 20.1 Å². The van der Waals surface area contributed by atoms with Crippen molar-refractivity contribution in [3.8, 4) is 5.75 Å². The molecule has 7 heteroatoms. The Labute approximate surface area is 222 Å². The van der Waals surface area contributed by atoms with E-state index in [2.05, 4.69) is 15.6 Å². The van der Waals surface area contributed by atoms with Crippen molar-refractivity contribution in [2.75, 3.05) is 0 Å². The molecule has 194 valence electrons. The van der Waals surface area contributed by atoms with Crippen LogP contribution < -0.4 is 15.4 Å². The predicted molar refractivity (Wildman–Crippen MR) is 145 cm³/mol. The molecule has 0 saturated heterocycles. The van der Waals surface area contributed by atoms with Gasteiger partial charge in [0.1, 0.15) is 25.0 Å². The van der Waals surface area contributed by atoms with Crippen molar-refractivity contribution in [1.29, 1.82) is 0 Å². The highest BCUT2D eigenvalue weighted by molar-refractivity contribution is 5.86. The van der Waals surface area contributed by atoms with E-state index in [4.69, 9.17) is 9.47 Å². The van der Waals surface area contributed by atoms with Gasteiger partial charge in [0, 0.05) is 17.9 Å². The number of benzene rings is 3. The molecule has 0 saturated carbocycles. The summed E-state index contributed by atoms with van der Waals surface area (Å²) in [6.45, 7) is 4.65. The van der Waals surface area contributed by atoms with E-state index in [0.717, 1.165) is 28.1 Å². The summed E-state index contributed by atoms with van der Waals surface area (Å²) < 4.78 is 11.2. The summed E-state index contributed by atoms with van der Waals surface area (Å²) >= 11 is 0. The number of amides is 2. The molecule has 1 atom stereocenters. The summed E-state index contributed by atoms with van der Waals surface area (Å²) in [5, 5.41) is 5.64. The molecule has 38 heavy (non-hydrogen) atoms. The average Bonchev–Trinajstić information content (AvgIpc) is 2.93. The number of carbonyl (C=O) groups is 2. The van der Waals surface area contributed by atoms with Crippen LogP contribution in [0.3, 0.4) is 0 Å². The summed E-state index contributed by atoms with van der Waals surface area (Å²) in [6, 6.07) is 29.2. The summed E-state index contributed by atoms with van der Waals surface area (Å²) in [4.78, 5) is 30.3. The number of nitrogens with one attached hydrogen (secondary N) is 2. The maximum Gasteiger partial charge on any atom is 0.408 e. The first-order valence-corrected chi connectivity index (χ1v) is 12.4. The van der Waals surface area contributed by atoms with E-state index >= 15 is 0 Å². The van der Waals surface area contributed by atoms with Crippen LogP contribution >= 0.6 is 0 Å². The van der Waals surface area contributed by atoms with Gasteiger partial charge in [-0.1, -0.05) is 72.8 Å². The van der Waals surface area contributed by atoms with Crippen molar-refractivity contribution in [2.24, 2.45) is 0 Å². The zero-order valence-corrected chi connectivity index (χ0v) is 21.5. The molecule has 0 fully saturated rings. The van der Waals surface area contributed by atoms with Crippen LogP contribution in [0.5, 0.6) is 5.75 Å². The quantitative estimate of drug-likeness (QED) is 0.292. The van der Waals surface area contributed by atoms with E-state index < -0.39 is 12.1 Å². The number of hydrogen-bond donors (Lipinski definition) is 2. The first kappa shape index (κ1) is 26.4. The van der Waals surface area contributed by atoms with Crippen LogP contribution in [0.15, 0.2) is 97.1 Å². The van der Waals surface area contributed by atoms with Gasteiger partial charge in [-0.05, 0) is 60.4 Å². The minimum atomic E-state index is -0.953. The molecular weight excluding hydrogens is 478 g/mol. The molecule has 0 radical (unpaired) electrons. The molecule has 0 aliphatic carbocycles. The lowest BCUT2D eigenvalue weighted by molar-refractivity contribution is -0.123. The molecule has 4 aromatic rings. The van der Waals surface area contributed by atoms with Crippen molar-refractivity contribution >= 4 is 12.0 Å². The molecule has 0 bridgehead atoms. The maximum absolute atomic E-state index is 13.3. The molecule has 1 heterocycles. The summed E-state index contributed by atoms with van der Waals surface area (Å²) in [5.41, 5.74) is 5.19. The zero-order valence-electron chi connectivity index (χ0n) is 21.5.